The molecule has 5 rings (SSSR count). The number of benzene rings is 2. The van der Waals surface area contributed by atoms with Crippen LogP contribution >= 0.6 is 11.3 Å². The fourth-order valence-corrected chi connectivity index (χ4v) is 3.86. The maximum absolute atomic E-state index is 12.6. The topological polar surface area (TPSA) is 82.5 Å². The number of rotatable bonds is 5. The van der Waals surface area contributed by atoms with Gasteiger partial charge < -0.3 is 4.42 Å². The summed E-state index contributed by atoms with van der Waals surface area (Å²) in [7, 11) is 0. The highest BCUT2D eigenvalue weighted by Gasteiger charge is 2.17. The van der Waals surface area contributed by atoms with Crippen LogP contribution < -0.4 is 0 Å². The van der Waals surface area contributed by atoms with Crippen molar-refractivity contribution in [2.45, 2.75) is 13.0 Å². The van der Waals surface area contributed by atoms with E-state index in [9.17, 15) is 8.78 Å². The van der Waals surface area contributed by atoms with Gasteiger partial charge in [-0.05, 0) is 29.0 Å². The molecule has 0 bridgehead atoms. The van der Waals surface area contributed by atoms with Gasteiger partial charge in [-0.2, -0.15) is 13.6 Å². The lowest BCUT2D eigenvalue weighted by molar-refractivity contribution is 0.116. The van der Waals surface area contributed by atoms with Gasteiger partial charge in [-0.3, -0.25) is 0 Å². The highest BCUT2D eigenvalue weighted by molar-refractivity contribution is 7.17. The first-order chi connectivity index (χ1) is 14.2. The zero-order valence-electron chi connectivity index (χ0n) is 14.7. The van der Waals surface area contributed by atoms with E-state index in [-0.39, 0.29) is 5.89 Å². The van der Waals surface area contributed by atoms with Crippen LogP contribution in [0.4, 0.5) is 8.78 Å². The van der Waals surface area contributed by atoms with Crippen molar-refractivity contribution < 1.29 is 13.2 Å². The molecule has 0 fully saturated rings. The fourth-order valence-electron chi connectivity index (χ4n) is 2.92. The molecule has 0 aliphatic heterocycles. The van der Waals surface area contributed by atoms with E-state index in [0.29, 0.717) is 17.9 Å². The van der Waals surface area contributed by atoms with Gasteiger partial charge in [0.2, 0.25) is 11.7 Å². The van der Waals surface area contributed by atoms with Crippen molar-refractivity contribution in [3.8, 4) is 22.8 Å². The standard InChI is InChI=1S/C19H12F2N6OS/c20-16(21)19-24-23-18(28-19)12-7-5-11(6-8-12)9-27-25-17(22-26-27)14-10-29-15-4-2-1-3-13(14)15/h1-8,10,16H,9H2. The van der Waals surface area contributed by atoms with Crippen LogP contribution in [0.1, 0.15) is 17.9 Å². The van der Waals surface area contributed by atoms with Gasteiger partial charge in [0.1, 0.15) is 0 Å². The predicted octanol–water partition coefficient (Wildman–Crippen LogP) is 4.59. The summed E-state index contributed by atoms with van der Waals surface area (Å²) in [6.45, 7) is 0.418. The predicted molar refractivity (Wildman–Crippen MR) is 102 cm³/mol. The van der Waals surface area contributed by atoms with Crippen molar-refractivity contribution in [2.75, 3.05) is 0 Å². The second-order valence-electron chi connectivity index (χ2n) is 6.23. The first-order valence-corrected chi connectivity index (χ1v) is 9.50. The van der Waals surface area contributed by atoms with Gasteiger partial charge in [-0.1, -0.05) is 30.3 Å². The smallest absolute Gasteiger partial charge is 0.314 e. The minimum absolute atomic E-state index is 0.0531. The van der Waals surface area contributed by atoms with Gasteiger partial charge in [0.15, 0.2) is 0 Å². The molecule has 29 heavy (non-hydrogen) atoms. The summed E-state index contributed by atoms with van der Waals surface area (Å²) < 4.78 is 31.3. The Morgan fingerprint density at radius 2 is 1.83 bits per heavy atom. The van der Waals surface area contributed by atoms with E-state index in [1.165, 1.54) is 9.50 Å². The summed E-state index contributed by atoms with van der Waals surface area (Å²) in [4.78, 5) is 1.51. The molecule has 0 saturated carbocycles. The molecule has 3 heterocycles. The van der Waals surface area contributed by atoms with Gasteiger partial charge in [0.25, 0.3) is 5.89 Å². The zero-order chi connectivity index (χ0) is 19.8. The van der Waals surface area contributed by atoms with Gasteiger partial charge in [0, 0.05) is 26.6 Å². The Balaban J connectivity index is 1.34. The Morgan fingerprint density at radius 1 is 1.00 bits per heavy atom. The van der Waals surface area contributed by atoms with E-state index in [1.54, 1.807) is 23.5 Å². The van der Waals surface area contributed by atoms with E-state index >= 15 is 0 Å². The van der Waals surface area contributed by atoms with Gasteiger partial charge in [0.05, 0.1) is 6.54 Å². The second-order valence-corrected chi connectivity index (χ2v) is 7.14. The van der Waals surface area contributed by atoms with Crippen LogP contribution in [0.2, 0.25) is 0 Å². The summed E-state index contributed by atoms with van der Waals surface area (Å²) in [6.07, 6.45) is -2.79. The lowest BCUT2D eigenvalue weighted by Gasteiger charge is -2.01. The highest BCUT2D eigenvalue weighted by Crippen LogP contribution is 2.31. The maximum atomic E-state index is 12.6. The van der Waals surface area contributed by atoms with E-state index in [0.717, 1.165) is 16.5 Å². The summed E-state index contributed by atoms with van der Waals surface area (Å²) in [5.41, 5.74) is 2.44. The first-order valence-electron chi connectivity index (χ1n) is 8.62. The third-order valence-electron chi connectivity index (χ3n) is 4.33. The number of aromatic nitrogens is 6. The molecule has 0 radical (unpaired) electrons. The Bertz CT molecular complexity index is 1280. The Hall–Kier alpha value is -3.53. The average molecular weight is 410 g/mol. The van der Waals surface area contributed by atoms with Gasteiger partial charge in [-0.25, -0.2) is 0 Å². The molecular formula is C19H12F2N6OS. The number of alkyl halides is 2. The molecular weight excluding hydrogens is 398 g/mol. The largest absolute Gasteiger partial charge is 0.415 e. The van der Waals surface area contributed by atoms with Gasteiger partial charge >= 0.3 is 6.43 Å². The Morgan fingerprint density at radius 3 is 2.62 bits per heavy atom. The lowest BCUT2D eigenvalue weighted by atomic mass is 10.1. The molecule has 3 aromatic heterocycles. The van der Waals surface area contributed by atoms with Crippen LogP contribution in [-0.4, -0.2) is 30.4 Å². The molecule has 0 amide bonds. The molecule has 0 aliphatic carbocycles. The third kappa shape index (κ3) is 3.38. The lowest BCUT2D eigenvalue weighted by Crippen LogP contribution is -2.03. The van der Waals surface area contributed by atoms with Crippen molar-refractivity contribution in [1.29, 1.82) is 0 Å². The number of nitrogens with zero attached hydrogens (tertiary/aromatic N) is 6. The zero-order valence-corrected chi connectivity index (χ0v) is 15.6. The van der Waals surface area contributed by atoms with Crippen molar-refractivity contribution in [3.05, 3.63) is 65.4 Å². The molecule has 5 aromatic rings. The number of hydrogen-bond donors (Lipinski definition) is 0. The van der Waals surface area contributed by atoms with Crippen LogP contribution in [0.3, 0.4) is 0 Å². The van der Waals surface area contributed by atoms with E-state index < -0.39 is 12.3 Å². The highest BCUT2D eigenvalue weighted by atomic mass is 32.1. The third-order valence-corrected chi connectivity index (χ3v) is 5.29. The Labute approximate surface area is 166 Å². The van der Waals surface area contributed by atoms with E-state index in [4.69, 9.17) is 4.42 Å². The quantitative estimate of drug-likeness (QED) is 0.421. The molecule has 0 aliphatic rings. The monoisotopic (exact) mass is 410 g/mol. The first kappa shape index (κ1) is 17.6. The molecule has 0 spiro atoms. The molecule has 0 N–H and O–H groups in total. The summed E-state index contributed by atoms with van der Waals surface area (Å²) in [5.74, 6) is -0.0637. The minimum atomic E-state index is -2.79. The Kier molecular flexibility index (Phi) is 4.32. The molecule has 2 aromatic carbocycles. The molecule has 7 nitrogen and oxygen atoms in total. The van der Waals surface area contributed by atoms with Crippen molar-refractivity contribution in [3.63, 3.8) is 0 Å². The van der Waals surface area contributed by atoms with E-state index in [2.05, 4.69) is 31.7 Å². The van der Waals surface area contributed by atoms with Crippen LogP contribution in [0, 0.1) is 0 Å². The van der Waals surface area contributed by atoms with Crippen LogP contribution in [-0.2, 0) is 6.54 Å². The molecule has 0 saturated heterocycles. The number of tetrazole rings is 1. The van der Waals surface area contributed by atoms with Crippen molar-refractivity contribution >= 4 is 21.4 Å². The van der Waals surface area contributed by atoms with Crippen molar-refractivity contribution in [2.24, 2.45) is 0 Å². The maximum Gasteiger partial charge on any atom is 0.314 e. The number of hydrogen-bond acceptors (Lipinski definition) is 7. The molecule has 0 atom stereocenters. The number of halogens is 2. The van der Waals surface area contributed by atoms with Crippen LogP contribution in [0.25, 0.3) is 32.9 Å². The SMILES string of the molecule is FC(F)c1nnc(-c2ccc(Cn3nnc(-c4csc5ccccc45)n3)cc2)o1. The number of fused-ring (bicyclic) bond motifs is 1. The summed E-state index contributed by atoms with van der Waals surface area (Å²) in [6, 6.07) is 15.2. The van der Waals surface area contributed by atoms with Crippen LogP contribution in [0.5, 0.6) is 0 Å². The minimum Gasteiger partial charge on any atom is -0.415 e. The van der Waals surface area contributed by atoms with E-state index in [1.807, 2.05) is 35.7 Å². The molecule has 144 valence electrons. The fraction of sp³-hybridized carbons (Fsp3) is 0.105. The second kappa shape index (κ2) is 7.13. The van der Waals surface area contributed by atoms with Crippen LogP contribution in [0.15, 0.2) is 58.3 Å². The summed E-state index contributed by atoms with van der Waals surface area (Å²) in [5, 5.41) is 22.9. The number of thiophene rings is 1. The normalized spacial score (nSPS) is 11.6. The summed E-state index contributed by atoms with van der Waals surface area (Å²) >= 11 is 1.64. The van der Waals surface area contributed by atoms with Crippen molar-refractivity contribution in [1.82, 2.24) is 30.4 Å². The molecule has 0 unspecified atom stereocenters. The average Bonchev–Trinajstić information content (AvgIpc) is 3.48. The molecule has 10 heteroatoms. The van der Waals surface area contributed by atoms with Gasteiger partial charge in [-0.15, -0.1) is 31.7 Å².